The van der Waals surface area contributed by atoms with Gasteiger partial charge in [0.2, 0.25) is 0 Å². The van der Waals surface area contributed by atoms with E-state index in [1.54, 1.807) is 7.11 Å². The molecule has 0 bridgehead atoms. The van der Waals surface area contributed by atoms with Crippen LogP contribution >= 0.6 is 0 Å². The van der Waals surface area contributed by atoms with Crippen LogP contribution in [0.3, 0.4) is 0 Å². The van der Waals surface area contributed by atoms with Crippen molar-refractivity contribution in [2.24, 2.45) is 0 Å². The first kappa shape index (κ1) is 10.5. The van der Waals surface area contributed by atoms with Crippen LogP contribution in [-0.2, 0) is 24.2 Å². The second-order valence-electron chi connectivity index (χ2n) is 3.85. The normalized spacial score (nSPS) is 14.3. The molecule has 82 valence electrons. The Kier molecular flexibility index (Phi) is 3.28. The van der Waals surface area contributed by atoms with Gasteiger partial charge in [-0.3, -0.25) is 0 Å². The lowest BCUT2D eigenvalue weighted by molar-refractivity contribution is 0.194. The molecule has 0 fully saturated rings. The summed E-state index contributed by atoms with van der Waals surface area (Å²) >= 11 is 0. The summed E-state index contributed by atoms with van der Waals surface area (Å²) in [5.41, 5.74) is 3.58. The lowest BCUT2D eigenvalue weighted by Gasteiger charge is -2.05. The lowest BCUT2D eigenvalue weighted by atomic mass is 10.2. The van der Waals surface area contributed by atoms with Crippen LogP contribution in [0.4, 0.5) is 0 Å². The number of hydrogen-bond donors (Lipinski definition) is 1. The van der Waals surface area contributed by atoms with Crippen molar-refractivity contribution >= 4 is 0 Å². The molecule has 1 aliphatic heterocycles. The third-order valence-corrected chi connectivity index (χ3v) is 2.69. The van der Waals surface area contributed by atoms with Crippen LogP contribution in [-0.4, -0.2) is 23.7 Å². The number of hydrogen-bond acceptors (Lipinski definition) is 4. The van der Waals surface area contributed by atoms with Crippen LogP contribution in [0.15, 0.2) is 0 Å². The molecule has 4 heteroatoms. The maximum Gasteiger partial charge on any atom is 0.129 e. The van der Waals surface area contributed by atoms with E-state index < -0.39 is 0 Å². The van der Waals surface area contributed by atoms with Gasteiger partial charge >= 0.3 is 0 Å². The zero-order chi connectivity index (χ0) is 10.7. The molecule has 1 aliphatic rings. The van der Waals surface area contributed by atoms with Crippen LogP contribution in [0.25, 0.3) is 0 Å². The fourth-order valence-corrected chi connectivity index (χ4v) is 1.89. The Labute approximate surface area is 90.1 Å². The molecule has 0 unspecified atom stereocenters. The summed E-state index contributed by atoms with van der Waals surface area (Å²) < 4.78 is 5.02. The Morgan fingerprint density at radius 1 is 1.33 bits per heavy atom. The largest absolute Gasteiger partial charge is 0.385 e. The van der Waals surface area contributed by atoms with E-state index in [1.807, 2.05) is 0 Å². The number of aromatic nitrogens is 2. The van der Waals surface area contributed by atoms with E-state index in [-0.39, 0.29) is 0 Å². The van der Waals surface area contributed by atoms with E-state index in [0.29, 0.717) is 0 Å². The molecule has 0 saturated heterocycles. The number of aryl methyl sites for hydroxylation is 2. The average molecular weight is 207 g/mol. The topological polar surface area (TPSA) is 47.0 Å². The smallest absolute Gasteiger partial charge is 0.129 e. The van der Waals surface area contributed by atoms with Crippen molar-refractivity contribution in [3.05, 3.63) is 22.8 Å². The number of nitrogens with one attached hydrogen (secondary N) is 1. The quantitative estimate of drug-likeness (QED) is 0.747. The third-order valence-electron chi connectivity index (χ3n) is 2.69. The highest BCUT2D eigenvalue weighted by Crippen LogP contribution is 2.16. The van der Waals surface area contributed by atoms with E-state index >= 15 is 0 Å². The number of ether oxygens (including phenoxy) is 1. The van der Waals surface area contributed by atoms with Crippen molar-refractivity contribution in [3.8, 4) is 0 Å². The van der Waals surface area contributed by atoms with Crippen LogP contribution in [0.2, 0.25) is 0 Å². The first-order valence-electron chi connectivity index (χ1n) is 5.36. The first-order valence-corrected chi connectivity index (χ1v) is 5.36. The van der Waals surface area contributed by atoms with Gasteiger partial charge in [0.15, 0.2) is 0 Å². The highest BCUT2D eigenvalue weighted by molar-refractivity contribution is 5.28. The zero-order valence-electron chi connectivity index (χ0n) is 9.34. The van der Waals surface area contributed by atoms with Crippen LogP contribution in [0.5, 0.6) is 0 Å². The van der Waals surface area contributed by atoms with Crippen molar-refractivity contribution in [3.63, 3.8) is 0 Å². The van der Waals surface area contributed by atoms with Crippen LogP contribution in [0.1, 0.15) is 29.2 Å². The van der Waals surface area contributed by atoms with Crippen LogP contribution in [0, 0.1) is 6.92 Å². The molecule has 0 aliphatic carbocycles. The van der Waals surface area contributed by atoms with Crippen molar-refractivity contribution in [2.45, 2.75) is 32.9 Å². The van der Waals surface area contributed by atoms with Gasteiger partial charge in [-0.2, -0.15) is 0 Å². The second kappa shape index (κ2) is 4.68. The summed E-state index contributed by atoms with van der Waals surface area (Å²) in [5, 5.41) is 3.30. The van der Waals surface area contributed by atoms with Gasteiger partial charge in [-0.15, -0.1) is 0 Å². The molecule has 0 saturated carbocycles. The maximum absolute atomic E-state index is 5.02. The number of nitrogens with zero attached hydrogens (tertiary/aromatic N) is 2. The molecule has 2 rings (SSSR count). The molecule has 15 heavy (non-hydrogen) atoms. The number of rotatable bonds is 4. The summed E-state index contributed by atoms with van der Waals surface area (Å²) in [4.78, 5) is 9.07. The minimum absolute atomic E-state index is 0.776. The molecule has 0 radical (unpaired) electrons. The van der Waals surface area contributed by atoms with Gasteiger partial charge in [-0.25, -0.2) is 9.97 Å². The van der Waals surface area contributed by atoms with Crippen LogP contribution < -0.4 is 5.32 Å². The van der Waals surface area contributed by atoms with E-state index in [4.69, 9.17) is 4.74 Å². The summed E-state index contributed by atoms with van der Waals surface area (Å²) in [6.45, 7) is 4.64. The lowest BCUT2D eigenvalue weighted by Crippen LogP contribution is -2.04. The predicted octanol–water partition coefficient (Wildman–Crippen LogP) is 0.967. The fraction of sp³-hybridized carbons (Fsp3) is 0.636. The Balaban J connectivity index is 2.09. The van der Waals surface area contributed by atoms with Crippen molar-refractivity contribution in [1.82, 2.24) is 15.3 Å². The predicted molar refractivity (Wildman–Crippen MR) is 57.5 cm³/mol. The molecular formula is C11H17N3O. The van der Waals surface area contributed by atoms with Gasteiger partial charge in [-0.1, -0.05) is 0 Å². The first-order chi connectivity index (χ1) is 7.31. The molecule has 4 nitrogen and oxygen atoms in total. The van der Waals surface area contributed by atoms with Gasteiger partial charge in [0.1, 0.15) is 5.82 Å². The molecule has 2 heterocycles. The minimum atomic E-state index is 0.776. The summed E-state index contributed by atoms with van der Waals surface area (Å²) in [6, 6.07) is 0. The molecular weight excluding hydrogens is 190 g/mol. The van der Waals surface area contributed by atoms with Gasteiger partial charge in [-0.05, 0) is 13.3 Å². The molecule has 0 amide bonds. The highest BCUT2D eigenvalue weighted by atomic mass is 16.5. The second-order valence-corrected chi connectivity index (χ2v) is 3.85. The van der Waals surface area contributed by atoms with Gasteiger partial charge in [0, 0.05) is 44.5 Å². The number of methoxy groups -OCH3 is 1. The van der Waals surface area contributed by atoms with E-state index in [1.165, 1.54) is 11.3 Å². The molecule has 0 atom stereocenters. The maximum atomic E-state index is 5.02. The van der Waals surface area contributed by atoms with Crippen molar-refractivity contribution in [2.75, 3.05) is 13.7 Å². The number of fused-ring (bicyclic) bond motifs is 1. The minimum Gasteiger partial charge on any atom is -0.385 e. The summed E-state index contributed by atoms with van der Waals surface area (Å²) in [7, 11) is 1.72. The molecule has 1 N–H and O–H groups in total. The molecule has 1 aromatic heterocycles. The van der Waals surface area contributed by atoms with E-state index in [2.05, 4.69) is 22.2 Å². The van der Waals surface area contributed by atoms with Crippen molar-refractivity contribution < 1.29 is 4.74 Å². The Morgan fingerprint density at radius 2 is 2.20 bits per heavy atom. The summed E-state index contributed by atoms with van der Waals surface area (Å²) in [6.07, 6.45) is 1.89. The molecule has 0 spiro atoms. The van der Waals surface area contributed by atoms with E-state index in [9.17, 15) is 0 Å². The SMILES string of the molecule is COCCCc1nc(C)c2c(n1)CNC2. The standard InChI is InChI=1S/C11H17N3O/c1-8-9-6-12-7-10(9)14-11(13-8)4-3-5-15-2/h12H,3-7H2,1-2H3. The Hall–Kier alpha value is -1.00. The summed E-state index contributed by atoms with van der Waals surface area (Å²) in [5.74, 6) is 0.951. The Bertz CT molecular complexity index is 352. The molecule has 0 aromatic carbocycles. The Morgan fingerprint density at radius 3 is 3.00 bits per heavy atom. The van der Waals surface area contributed by atoms with Gasteiger partial charge in [0.25, 0.3) is 0 Å². The van der Waals surface area contributed by atoms with Gasteiger partial charge in [0.05, 0.1) is 5.69 Å². The monoisotopic (exact) mass is 207 g/mol. The highest BCUT2D eigenvalue weighted by Gasteiger charge is 2.15. The average Bonchev–Trinajstić information content (AvgIpc) is 2.66. The van der Waals surface area contributed by atoms with Crippen molar-refractivity contribution in [1.29, 1.82) is 0 Å². The zero-order valence-corrected chi connectivity index (χ0v) is 9.34. The third kappa shape index (κ3) is 2.33. The molecule has 1 aromatic rings. The van der Waals surface area contributed by atoms with Gasteiger partial charge < -0.3 is 10.1 Å². The van der Waals surface area contributed by atoms with E-state index in [0.717, 1.165) is 44.1 Å². The fourth-order valence-electron chi connectivity index (χ4n) is 1.89.